The normalized spacial score (nSPS) is 12.8. The summed E-state index contributed by atoms with van der Waals surface area (Å²) in [4.78, 5) is 12.8. The second kappa shape index (κ2) is 7.97. The number of nitrogens with zero attached hydrogens (tertiary/aromatic N) is 4. The summed E-state index contributed by atoms with van der Waals surface area (Å²) >= 11 is 0. The Hall–Kier alpha value is -3.92. The Balaban J connectivity index is 1.30. The van der Waals surface area contributed by atoms with E-state index in [0.717, 1.165) is 17.1 Å². The Morgan fingerprint density at radius 1 is 1.06 bits per heavy atom. The third-order valence-corrected chi connectivity index (χ3v) is 6.38. The van der Waals surface area contributed by atoms with Crippen molar-refractivity contribution in [2.45, 2.75) is 18.2 Å². The first-order valence-electron chi connectivity index (χ1n) is 9.87. The van der Waals surface area contributed by atoms with E-state index in [-0.39, 0.29) is 4.90 Å². The molecular formula is C22H19N5O4S. The average molecular weight is 449 g/mol. The Bertz CT molecular complexity index is 1380. The van der Waals surface area contributed by atoms with Crippen molar-refractivity contribution in [1.82, 2.24) is 19.5 Å². The lowest BCUT2D eigenvalue weighted by Gasteiger charge is -2.11. The first-order chi connectivity index (χ1) is 15.5. The molecule has 5 rings (SSSR count). The van der Waals surface area contributed by atoms with Crippen LogP contribution in [-0.2, 0) is 16.4 Å². The highest BCUT2D eigenvalue weighted by Gasteiger charge is 2.19. The fraction of sp³-hybridized carbons (Fsp3) is 0.136. The predicted molar refractivity (Wildman–Crippen MR) is 117 cm³/mol. The van der Waals surface area contributed by atoms with Gasteiger partial charge in [-0.05, 0) is 55.0 Å². The second-order valence-electron chi connectivity index (χ2n) is 7.16. The van der Waals surface area contributed by atoms with Gasteiger partial charge in [-0.25, -0.2) is 23.4 Å². The molecule has 3 heterocycles. The minimum atomic E-state index is -3.72. The molecule has 9 nitrogen and oxygen atoms in total. The fourth-order valence-corrected chi connectivity index (χ4v) is 4.50. The molecule has 0 saturated carbocycles. The van der Waals surface area contributed by atoms with Crippen molar-refractivity contribution < 1.29 is 17.9 Å². The van der Waals surface area contributed by atoms with Crippen LogP contribution in [0, 0.1) is 6.92 Å². The third-order valence-electron chi connectivity index (χ3n) is 5.00. The number of ether oxygens (including phenoxy) is 2. The first kappa shape index (κ1) is 20.0. The molecule has 32 heavy (non-hydrogen) atoms. The van der Waals surface area contributed by atoms with E-state index < -0.39 is 10.0 Å². The molecule has 0 bridgehead atoms. The predicted octanol–water partition coefficient (Wildman–Crippen LogP) is 3.50. The number of nitrogens with one attached hydrogen (secondary N) is 1. The minimum absolute atomic E-state index is 0.199. The van der Waals surface area contributed by atoms with Crippen LogP contribution in [0.5, 0.6) is 17.4 Å². The lowest BCUT2D eigenvalue weighted by atomic mass is 10.2. The standard InChI is InChI=1S/C22H19N5O4S/c1-15-23-9-10-27(15)21-13-22(25-14-24-21)31-18-4-2-17(3-5-18)26-32(28,29)19-6-7-20-16(12-19)8-11-30-20/h2-7,9-10,12-14,26H,8,11H2,1H3. The molecule has 1 N–H and O–H groups in total. The van der Waals surface area contributed by atoms with Gasteiger partial charge in [0.2, 0.25) is 5.88 Å². The second-order valence-corrected chi connectivity index (χ2v) is 8.84. The summed E-state index contributed by atoms with van der Waals surface area (Å²) in [5.41, 5.74) is 1.32. The molecule has 0 unspecified atom stereocenters. The number of aromatic nitrogens is 4. The van der Waals surface area contributed by atoms with Crippen LogP contribution in [0.4, 0.5) is 5.69 Å². The molecule has 2 aromatic heterocycles. The van der Waals surface area contributed by atoms with E-state index in [4.69, 9.17) is 9.47 Å². The summed E-state index contributed by atoms with van der Waals surface area (Å²) in [5.74, 6) is 3.03. The summed E-state index contributed by atoms with van der Waals surface area (Å²) in [6.07, 6.45) is 5.61. The fourth-order valence-electron chi connectivity index (χ4n) is 3.39. The van der Waals surface area contributed by atoms with Crippen molar-refractivity contribution in [2.24, 2.45) is 0 Å². The zero-order chi connectivity index (χ0) is 22.1. The van der Waals surface area contributed by atoms with Gasteiger partial charge in [-0.3, -0.25) is 9.29 Å². The van der Waals surface area contributed by atoms with Gasteiger partial charge in [0.15, 0.2) is 0 Å². The molecule has 0 radical (unpaired) electrons. The highest BCUT2D eigenvalue weighted by molar-refractivity contribution is 7.92. The number of hydrogen-bond donors (Lipinski definition) is 1. The molecule has 0 atom stereocenters. The molecule has 10 heteroatoms. The van der Waals surface area contributed by atoms with Gasteiger partial charge in [0.1, 0.15) is 29.5 Å². The number of benzene rings is 2. The van der Waals surface area contributed by atoms with Crippen molar-refractivity contribution in [2.75, 3.05) is 11.3 Å². The largest absolute Gasteiger partial charge is 0.493 e. The molecule has 0 saturated heterocycles. The molecule has 0 amide bonds. The Labute approximate surface area is 184 Å². The smallest absolute Gasteiger partial charge is 0.261 e. The van der Waals surface area contributed by atoms with Gasteiger partial charge in [-0.15, -0.1) is 0 Å². The molecule has 0 aliphatic carbocycles. The SMILES string of the molecule is Cc1nccn1-c1cc(Oc2ccc(NS(=O)(=O)c3ccc4c(c3)CCO4)cc2)ncn1. The topological polar surface area (TPSA) is 108 Å². The van der Waals surface area contributed by atoms with Crippen LogP contribution in [0.2, 0.25) is 0 Å². The zero-order valence-electron chi connectivity index (χ0n) is 17.1. The van der Waals surface area contributed by atoms with Gasteiger partial charge < -0.3 is 9.47 Å². The molecule has 0 spiro atoms. The van der Waals surface area contributed by atoms with Crippen molar-refractivity contribution in [1.29, 1.82) is 0 Å². The summed E-state index contributed by atoms with van der Waals surface area (Å²) in [6.45, 7) is 2.45. The van der Waals surface area contributed by atoms with E-state index in [2.05, 4.69) is 19.7 Å². The summed E-state index contributed by atoms with van der Waals surface area (Å²) < 4.78 is 41.1. The molecule has 2 aromatic carbocycles. The maximum absolute atomic E-state index is 12.7. The van der Waals surface area contributed by atoms with Gasteiger partial charge in [-0.1, -0.05) is 0 Å². The van der Waals surface area contributed by atoms with Crippen LogP contribution in [0.25, 0.3) is 5.82 Å². The molecule has 1 aliphatic heterocycles. The van der Waals surface area contributed by atoms with Crippen LogP contribution in [-0.4, -0.2) is 34.5 Å². The number of fused-ring (bicyclic) bond motifs is 1. The minimum Gasteiger partial charge on any atom is -0.493 e. The summed E-state index contributed by atoms with van der Waals surface area (Å²) in [7, 11) is -3.72. The van der Waals surface area contributed by atoms with Crippen LogP contribution in [0.15, 0.2) is 72.1 Å². The molecule has 4 aromatic rings. The van der Waals surface area contributed by atoms with E-state index >= 15 is 0 Å². The van der Waals surface area contributed by atoms with Crippen LogP contribution >= 0.6 is 0 Å². The van der Waals surface area contributed by atoms with E-state index in [0.29, 0.717) is 36.2 Å². The summed E-state index contributed by atoms with van der Waals surface area (Å²) in [5, 5.41) is 0. The first-order valence-corrected chi connectivity index (χ1v) is 11.4. The maximum atomic E-state index is 12.7. The number of aryl methyl sites for hydroxylation is 1. The number of imidazole rings is 1. The Morgan fingerprint density at radius 2 is 1.91 bits per heavy atom. The van der Waals surface area contributed by atoms with E-state index in [1.54, 1.807) is 60.9 Å². The van der Waals surface area contributed by atoms with Gasteiger partial charge >= 0.3 is 0 Å². The zero-order valence-corrected chi connectivity index (χ0v) is 17.9. The number of hydrogen-bond acceptors (Lipinski definition) is 7. The highest BCUT2D eigenvalue weighted by Crippen LogP contribution is 2.29. The molecule has 162 valence electrons. The quantitative estimate of drug-likeness (QED) is 0.480. The molecular weight excluding hydrogens is 430 g/mol. The van der Waals surface area contributed by atoms with Gasteiger partial charge in [-0.2, -0.15) is 0 Å². The van der Waals surface area contributed by atoms with Gasteiger partial charge in [0.05, 0.1) is 11.5 Å². The number of anilines is 1. The van der Waals surface area contributed by atoms with Crippen LogP contribution in [0.1, 0.15) is 11.4 Å². The average Bonchev–Trinajstić information content (AvgIpc) is 3.43. The monoisotopic (exact) mass is 449 g/mol. The van der Waals surface area contributed by atoms with Crippen LogP contribution in [0.3, 0.4) is 0 Å². The van der Waals surface area contributed by atoms with Crippen LogP contribution < -0.4 is 14.2 Å². The third kappa shape index (κ3) is 4.00. The number of rotatable bonds is 6. The van der Waals surface area contributed by atoms with E-state index in [1.807, 2.05) is 11.5 Å². The van der Waals surface area contributed by atoms with Crippen molar-refractivity contribution in [3.05, 3.63) is 78.6 Å². The molecule has 1 aliphatic rings. The van der Waals surface area contributed by atoms with E-state index in [1.165, 1.54) is 6.33 Å². The number of sulfonamides is 1. The van der Waals surface area contributed by atoms with Crippen molar-refractivity contribution in [3.63, 3.8) is 0 Å². The Kier molecular flexibility index (Phi) is 4.98. The highest BCUT2D eigenvalue weighted by atomic mass is 32.2. The van der Waals surface area contributed by atoms with Crippen molar-refractivity contribution in [3.8, 4) is 23.2 Å². The molecule has 0 fully saturated rings. The Morgan fingerprint density at radius 3 is 2.69 bits per heavy atom. The van der Waals surface area contributed by atoms with Gasteiger partial charge in [0.25, 0.3) is 10.0 Å². The van der Waals surface area contributed by atoms with E-state index in [9.17, 15) is 8.42 Å². The van der Waals surface area contributed by atoms with Gasteiger partial charge in [0, 0.05) is 30.6 Å². The lowest BCUT2D eigenvalue weighted by Crippen LogP contribution is -2.13. The summed E-state index contributed by atoms with van der Waals surface area (Å²) in [6, 6.07) is 13.2. The maximum Gasteiger partial charge on any atom is 0.261 e. The van der Waals surface area contributed by atoms with Crippen molar-refractivity contribution >= 4 is 15.7 Å². The lowest BCUT2D eigenvalue weighted by molar-refractivity contribution is 0.356.